The first-order valence-corrected chi connectivity index (χ1v) is 6.37. The highest BCUT2D eigenvalue weighted by Gasteiger charge is 2.27. The minimum Gasteiger partial charge on any atom is -0.463 e. The zero-order valence-corrected chi connectivity index (χ0v) is 11.8. The number of furan rings is 1. The van der Waals surface area contributed by atoms with Crippen LogP contribution in [-0.2, 0) is 5.60 Å². The molecular weight excluding hydrogens is 256 g/mol. The summed E-state index contributed by atoms with van der Waals surface area (Å²) < 4.78 is 5.39. The van der Waals surface area contributed by atoms with Gasteiger partial charge in [0.2, 0.25) is 0 Å². The summed E-state index contributed by atoms with van der Waals surface area (Å²) >= 11 is 0. The molecule has 0 aliphatic carbocycles. The van der Waals surface area contributed by atoms with Crippen molar-refractivity contribution >= 4 is 5.91 Å². The van der Waals surface area contributed by atoms with Gasteiger partial charge in [-0.1, -0.05) is 0 Å². The van der Waals surface area contributed by atoms with Crippen molar-refractivity contribution < 1.29 is 14.3 Å². The minimum absolute atomic E-state index is 0.0622. The minimum atomic E-state index is -1.25. The van der Waals surface area contributed by atoms with Crippen LogP contribution in [-0.4, -0.2) is 22.5 Å². The molecule has 1 unspecified atom stereocenters. The van der Waals surface area contributed by atoms with Gasteiger partial charge in [0.25, 0.3) is 5.91 Å². The van der Waals surface area contributed by atoms with Crippen molar-refractivity contribution in [2.45, 2.75) is 26.4 Å². The summed E-state index contributed by atoms with van der Waals surface area (Å²) in [5, 5.41) is 13.0. The van der Waals surface area contributed by atoms with Gasteiger partial charge in [0.15, 0.2) is 0 Å². The summed E-state index contributed by atoms with van der Waals surface area (Å²) in [6.07, 6.45) is 3.17. The van der Waals surface area contributed by atoms with Crippen LogP contribution in [0.25, 0.3) is 0 Å². The van der Waals surface area contributed by atoms with E-state index in [4.69, 9.17) is 4.42 Å². The molecule has 1 atom stereocenters. The second-order valence-corrected chi connectivity index (χ2v) is 5.12. The fourth-order valence-electron chi connectivity index (χ4n) is 1.84. The van der Waals surface area contributed by atoms with Gasteiger partial charge in [0.1, 0.15) is 17.1 Å². The molecular formula is C15H18N2O3. The Balaban J connectivity index is 2.03. The standard InChI is InChI=1S/C15H18N2O3/c1-10-6-12(8-16-7-10)14(18)17-9-15(3,19)13-5-4-11(2)20-13/h4-8,19H,9H2,1-3H3,(H,17,18). The predicted octanol–water partition coefficient (Wildman–Crippen LogP) is 1.93. The number of amides is 1. The Morgan fingerprint density at radius 3 is 2.75 bits per heavy atom. The fourth-order valence-corrected chi connectivity index (χ4v) is 1.84. The van der Waals surface area contributed by atoms with Gasteiger partial charge < -0.3 is 14.8 Å². The third kappa shape index (κ3) is 3.24. The van der Waals surface area contributed by atoms with E-state index < -0.39 is 5.60 Å². The Labute approximate surface area is 117 Å². The van der Waals surface area contributed by atoms with Crippen molar-refractivity contribution in [2.75, 3.05) is 6.54 Å². The van der Waals surface area contributed by atoms with Crippen molar-refractivity contribution in [2.24, 2.45) is 0 Å². The summed E-state index contributed by atoms with van der Waals surface area (Å²) in [5.41, 5.74) is 0.128. The first-order valence-electron chi connectivity index (χ1n) is 6.37. The maximum absolute atomic E-state index is 12.0. The lowest BCUT2D eigenvalue weighted by molar-refractivity contribution is 0.0323. The Bertz CT molecular complexity index is 617. The summed E-state index contributed by atoms with van der Waals surface area (Å²) in [4.78, 5) is 16.0. The molecule has 2 aromatic rings. The highest BCUT2D eigenvalue weighted by atomic mass is 16.4. The van der Waals surface area contributed by atoms with E-state index in [1.807, 2.05) is 6.92 Å². The van der Waals surface area contributed by atoms with Crippen molar-refractivity contribution in [1.29, 1.82) is 0 Å². The van der Waals surface area contributed by atoms with Crippen molar-refractivity contribution in [1.82, 2.24) is 10.3 Å². The normalized spacial score (nSPS) is 13.8. The monoisotopic (exact) mass is 274 g/mol. The molecule has 0 aliphatic heterocycles. The first-order chi connectivity index (χ1) is 9.38. The smallest absolute Gasteiger partial charge is 0.252 e. The molecule has 0 saturated heterocycles. The van der Waals surface area contributed by atoms with Crippen LogP contribution >= 0.6 is 0 Å². The molecule has 2 aromatic heterocycles. The SMILES string of the molecule is Cc1cncc(C(=O)NCC(C)(O)c2ccc(C)o2)c1. The lowest BCUT2D eigenvalue weighted by Crippen LogP contribution is -2.38. The highest BCUT2D eigenvalue weighted by Crippen LogP contribution is 2.22. The van der Waals surface area contributed by atoms with Crippen LogP contribution in [0.15, 0.2) is 35.0 Å². The van der Waals surface area contributed by atoms with Crippen molar-refractivity contribution in [3.05, 3.63) is 53.2 Å². The molecule has 0 bridgehead atoms. The molecule has 2 heterocycles. The molecule has 0 fully saturated rings. The highest BCUT2D eigenvalue weighted by molar-refractivity contribution is 5.94. The number of pyridine rings is 1. The van der Waals surface area contributed by atoms with Crippen LogP contribution < -0.4 is 5.32 Å². The van der Waals surface area contributed by atoms with Crippen LogP contribution in [0.2, 0.25) is 0 Å². The van der Waals surface area contributed by atoms with Gasteiger partial charge in [-0.3, -0.25) is 9.78 Å². The first kappa shape index (κ1) is 14.3. The van der Waals surface area contributed by atoms with E-state index in [1.54, 1.807) is 38.2 Å². The summed E-state index contributed by atoms with van der Waals surface area (Å²) in [5.74, 6) is 0.872. The molecule has 1 amide bonds. The molecule has 0 radical (unpaired) electrons. The molecule has 5 nitrogen and oxygen atoms in total. The van der Waals surface area contributed by atoms with E-state index in [9.17, 15) is 9.90 Å². The number of carbonyl (C=O) groups excluding carboxylic acids is 1. The van der Waals surface area contributed by atoms with Gasteiger partial charge in [0.05, 0.1) is 12.1 Å². The van der Waals surface area contributed by atoms with Crippen LogP contribution in [0.1, 0.15) is 34.4 Å². The Morgan fingerprint density at radius 2 is 2.15 bits per heavy atom. The van der Waals surface area contributed by atoms with Gasteiger partial charge in [-0.05, 0) is 44.5 Å². The van der Waals surface area contributed by atoms with Crippen LogP contribution in [0.3, 0.4) is 0 Å². The Morgan fingerprint density at radius 1 is 1.40 bits per heavy atom. The maximum atomic E-state index is 12.0. The van der Waals surface area contributed by atoms with E-state index in [2.05, 4.69) is 10.3 Å². The van der Waals surface area contributed by atoms with E-state index in [-0.39, 0.29) is 12.5 Å². The number of nitrogens with one attached hydrogen (secondary N) is 1. The molecule has 0 aliphatic rings. The second-order valence-electron chi connectivity index (χ2n) is 5.12. The van der Waals surface area contributed by atoms with Crippen LogP contribution in [0, 0.1) is 13.8 Å². The Kier molecular flexibility index (Phi) is 3.90. The van der Waals surface area contributed by atoms with Gasteiger partial charge in [-0.15, -0.1) is 0 Å². The summed E-state index contributed by atoms with van der Waals surface area (Å²) in [7, 11) is 0. The number of hydrogen-bond donors (Lipinski definition) is 2. The van der Waals surface area contributed by atoms with Gasteiger partial charge >= 0.3 is 0 Å². The quantitative estimate of drug-likeness (QED) is 0.893. The van der Waals surface area contributed by atoms with E-state index >= 15 is 0 Å². The maximum Gasteiger partial charge on any atom is 0.252 e. The lowest BCUT2D eigenvalue weighted by Gasteiger charge is -2.21. The topological polar surface area (TPSA) is 75.4 Å². The summed E-state index contributed by atoms with van der Waals surface area (Å²) in [6, 6.07) is 5.22. The number of rotatable bonds is 4. The van der Waals surface area contributed by atoms with E-state index in [1.165, 1.54) is 6.20 Å². The zero-order chi connectivity index (χ0) is 14.8. The molecule has 5 heteroatoms. The molecule has 106 valence electrons. The number of nitrogens with zero attached hydrogens (tertiary/aromatic N) is 1. The third-order valence-electron chi connectivity index (χ3n) is 3.00. The molecule has 20 heavy (non-hydrogen) atoms. The van der Waals surface area contributed by atoms with Gasteiger partial charge in [0, 0.05) is 12.4 Å². The van der Waals surface area contributed by atoms with Crippen LogP contribution in [0.5, 0.6) is 0 Å². The second kappa shape index (κ2) is 5.46. The number of aromatic nitrogens is 1. The zero-order valence-electron chi connectivity index (χ0n) is 11.8. The molecule has 2 N–H and O–H groups in total. The van der Waals surface area contributed by atoms with Crippen molar-refractivity contribution in [3.8, 4) is 0 Å². The van der Waals surface area contributed by atoms with Gasteiger partial charge in [-0.2, -0.15) is 0 Å². The van der Waals surface area contributed by atoms with E-state index in [0.717, 1.165) is 11.3 Å². The molecule has 0 saturated carbocycles. The molecule has 0 spiro atoms. The van der Waals surface area contributed by atoms with Crippen molar-refractivity contribution in [3.63, 3.8) is 0 Å². The Hall–Kier alpha value is -2.14. The fraction of sp³-hybridized carbons (Fsp3) is 0.333. The van der Waals surface area contributed by atoms with Crippen LogP contribution in [0.4, 0.5) is 0 Å². The summed E-state index contributed by atoms with van der Waals surface area (Å²) in [6.45, 7) is 5.33. The molecule has 0 aromatic carbocycles. The number of aliphatic hydroxyl groups is 1. The third-order valence-corrected chi connectivity index (χ3v) is 3.00. The molecule has 2 rings (SSSR count). The number of carbonyl (C=O) groups is 1. The largest absolute Gasteiger partial charge is 0.463 e. The van der Waals surface area contributed by atoms with E-state index in [0.29, 0.717) is 11.3 Å². The van der Waals surface area contributed by atoms with Gasteiger partial charge in [-0.25, -0.2) is 0 Å². The average Bonchev–Trinajstić information content (AvgIpc) is 2.83. The predicted molar refractivity (Wildman–Crippen MR) is 74.3 cm³/mol. The number of hydrogen-bond acceptors (Lipinski definition) is 4. The number of aryl methyl sites for hydroxylation is 2. The average molecular weight is 274 g/mol. The lowest BCUT2D eigenvalue weighted by atomic mass is 10.0.